The number of thioether (sulfide) groups is 1. The van der Waals surface area contributed by atoms with Gasteiger partial charge >= 0.3 is 0 Å². The van der Waals surface area contributed by atoms with Crippen molar-refractivity contribution in [2.75, 3.05) is 11.4 Å². The van der Waals surface area contributed by atoms with Crippen LogP contribution in [0.25, 0.3) is 16.3 Å². The zero-order valence-corrected chi connectivity index (χ0v) is 28.6. The summed E-state index contributed by atoms with van der Waals surface area (Å²) in [6, 6.07) is 26.0. The van der Waals surface area contributed by atoms with Crippen molar-refractivity contribution in [3.8, 4) is 0 Å². The Kier molecular flexibility index (Phi) is 10.1. The summed E-state index contributed by atoms with van der Waals surface area (Å²) in [5.41, 5.74) is 4.25. The molecule has 0 atom stereocenters. The van der Waals surface area contributed by atoms with Crippen LogP contribution >= 0.6 is 23.1 Å². The average molecular weight is 654 g/mol. The molecule has 1 aliphatic carbocycles. The van der Waals surface area contributed by atoms with Crippen LogP contribution in [0.15, 0.2) is 128 Å². The van der Waals surface area contributed by atoms with Crippen LogP contribution in [0.5, 0.6) is 0 Å². The van der Waals surface area contributed by atoms with Gasteiger partial charge in [-0.1, -0.05) is 104 Å². The number of anilines is 1. The molecule has 0 saturated carbocycles. The molecule has 0 amide bonds. The molecule has 0 spiro atoms. The number of aromatic nitrogens is 1. The van der Waals surface area contributed by atoms with E-state index >= 15 is 0 Å². The van der Waals surface area contributed by atoms with Crippen molar-refractivity contribution in [1.29, 1.82) is 0 Å². The van der Waals surface area contributed by atoms with Crippen molar-refractivity contribution in [3.63, 3.8) is 0 Å². The Bertz CT molecular complexity index is 1900. The van der Waals surface area contributed by atoms with Crippen molar-refractivity contribution in [2.45, 2.75) is 75.1 Å². The Balaban J connectivity index is 1.45. The molecule has 0 fully saturated rings. The molecule has 0 saturated heterocycles. The number of thiazole rings is 1. The van der Waals surface area contributed by atoms with Gasteiger partial charge in [0.15, 0.2) is 6.54 Å². The molecule has 0 unspecified atom stereocenters. The van der Waals surface area contributed by atoms with Gasteiger partial charge in [0.1, 0.15) is 4.70 Å². The number of rotatable bonds is 11. The highest BCUT2D eigenvalue weighted by atomic mass is 32.2. The van der Waals surface area contributed by atoms with Gasteiger partial charge in [-0.3, -0.25) is 0 Å². The number of unbranched alkanes of at least 4 members (excludes halogenated alkanes) is 2. The van der Waals surface area contributed by atoms with Crippen molar-refractivity contribution >= 4 is 54.9 Å². The maximum absolute atomic E-state index is 14.4. The Labute approximate surface area is 276 Å². The van der Waals surface area contributed by atoms with E-state index in [-0.39, 0.29) is 0 Å². The number of para-hydroxylation sites is 2. The van der Waals surface area contributed by atoms with Crippen LogP contribution in [-0.4, -0.2) is 15.0 Å². The first-order valence-corrected chi connectivity index (χ1v) is 19.2. The Morgan fingerprint density at radius 3 is 2.42 bits per heavy atom. The Hall–Kier alpha value is -3.39. The van der Waals surface area contributed by atoms with E-state index in [1.54, 1.807) is 35.2 Å². The van der Waals surface area contributed by atoms with E-state index in [4.69, 9.17) is 0 Å². The lowest BCUT2D eigenvalue weighted by Gasteiger charge is -2.22. The molecule has 2 heterocycles. The second-order valence-corrected chi connectivity index (χ2v) is 15.6. The standard InChI is InChI=1S/C38H41N2O2S3/c1-3-5-27-39-32-19-10-12-21-34(32)43-36(39)25-23-29-15-14-16-30(38(29)45(41,42)31-17-8-7-9-18-31)24-26-37-40(28-6-4-2)33-20-11-13-22-35(33)44-37/h7-13,17-26H,3-6,14-16,27-28H2,1-2H3/q+1. The number of sulfone groups is 1. The molecular weight excluding hydrogens is 613 g/mol. The van der Waals surface area contributed by atoms with E-state index in [0.29, 0.717) is 9.80 Å². The molecule has 1 aliphatic heterocycles. The van der Waals surface area contributed by atoms with Crippen LogP contribution in [0, 0.1) is 0 Å². The van der Waals surface area contributed by atoms with Crippen molar-refractivity contribution in [1.82, 2.24) is 0 Å². The summed E-state index contributed by atoms with van der Waals surface area (Å²) in [5, 5.41) is 2.30. The lowest BCUT2D eigenvalue weighted by Crippen LogP contribution is -2.34. The number of benzene rings is 3. The minimum atomic E-state index is -3.73. The second-order valence-electron chi connectivity index (χ2n) is 11.5. The van der Waals surface area contributed by atoms with E-state index in [1.807, 2.05) is 18.2 Å². The number of nitrogens with zero attached hydrogens (tertiary/aromatic N) is 2. The molecule has 232 valence electrons. The number of allylic oxidation sites excluding steroid dienone is 5. The second kappa shape index (κ2) is 14.4. The average Bonchev–Trinajstić information content (AvgIpc) is 3.61. The topological polar surface area (TPSA) is 41.3 Å². The third-order valence-corrected chi connectivity index (χ3v) is 12.6. The van der Waals surface area contributed by atoms with Gasteiger partial charge < -0.3 is 4.90 Å². The van der Waals surface area contributed by atoms with Gasteiger partial charge in [-0.15, -0.1) is 0 Å². The predicted octanol–water partition coefficient (Wildman–Crippen LogP) is 10.1. The third kappa shape index (κ3) is 6.76. The molecule has 6 rings (SSSR count). The highest BCUT2D eigenvalue weighted by molar-refractivity contribution is 8.03. The van der Waals surface area contributed by atoms with Crippen molar-refractivity contribution in [3.05, 3.63) is 123 Å². The lowest BCUT2D eigenvalue weighted by molar-refractivity contribution is -0.669. The van der Waals surface area contributed by atoms with E-state index in [0.717, 1.165) is 79.2 Å². The summed E-state index contributed by atoms with van der Waals surface area (Å²) in [4.78, 5) is 4.45. The zero-order chi connectivity index (χ0) is 31.2. The predicted molar refractivity (Wildman–Crippen MR) is 191 cm³/mol. The third-order valence-electron chi connectivity index (χ3n) is 8.40. The fourth-order valence-electron chi connectivity index (χ4n) is 6.07. The fraction of sp³-hybridized carbons (Fsp3) is 0.289. The first kappa shape index (κ1) is 31.6. The van der Waals surface area contributed by atoms with Crippen LogP contribution in [-0.2, 0) is 16.4 Å². The summed E-state index contributed by atoms with van der Waals surface area (Å²) < 4.78 is 32.4. The fourth-order valence-corrected chi connectivity index (χ4v) is 10.0. The van der Waals surface area contributed by atoms with Crippen LogP contribution < -0.4 is 9.47 Å². The van der Waals surface area contributed by atoms with Gasteiger partial charge in [0.25, 0.3) is 5.01 Å². The summed E-state index contributed by atoms with van der Waals surface area (Å²) in [5.74, 6) is 0. The van der Waals surface area contributed by atoms with Gasteiger partial charge in [0.2, 0.25) is 15.4 Å². The minimum absolute atomic E-state index is 0.346. The monoisotopic (exact) mass is 653 g/mol. The quantitative estimate of drug-likeness (QED) is 0.151. The molecule has 4 aromatic rings. The number of hydrogen-bond acceptors (Lipinski definition) is 5. The normalized spacial score (nSPS) is 17.3. The minimum Gasteiger partial charge on any atom is -0.335 e. The summed E-state index contributed by atoms with van der Waals surface area (Å²) in [7, 11) is -3.73. The number of fused-ring (bicyclic) bond motifs is 2. The van der Waals surface area contributed by atoms with Gasteiger partial charge in [0, 0.05) is 30.0 Å². The van der Waals surface area contributed by atoms with E-state index in [9.17, 15) is 8.42 Å². The number of aryl methyl sites for hydroxylation is 1. The molecule has 7 heteroatoms. The molecule has 0 bridgehead atoms. The van der Waals surface area contributed by atoms with Crippen LogP contribution in [0.2, 0.25) is 0 Å². The summed E-state index contributed by atoms with van der Waals surface area (Å²) in [6.45, 7) is 6.32. The molecule has 0 N–H and O–H groups in total. The van der Waals surface area contributed by atoms with Gasteiger partial charge in [-0.05, 0) is 73.2 Å². The first-order valence-electron chi connectivity index (χ1n) is 16.1. The van der Waals surface area contributed by atoms with Crippen molar-refractivity contribution in [2.24, 2.45) is 0 Å². The van der Waals surface area contributed by atoms with E-state index in [2.05, 4.69) is 96.1 Å². The number of hydrogen-bond donors (Lipinski definition) is 0. The molecule has 2 aliphatic rings. The largest absolute Gasteiger partial charge is 0.335 e. The SMILES string of the molecule is CCCCN1/C(=C/C=C2\CCCC(/C=C/c3sc4ccccc4[n+]3CCCC)=C2S(=O)(=O)c2ccccc2)Sc2ccccc21. The van der Waals surface area contributed by atoms with Gasteiger partial charge in [-0.2, -0.15) is 4.57 Å². The van der Waals surface area contributed by atoms with E-state index in [1.165, 1.54) is 20.8 Å². The molecule has 0 radical (unpaired) electrons. The Morgan fingerprint density at radius 1 is 0.844 bits per heavy atom. The van der Waals surface area contributed by atoms with Crippen LogP contribution in [0.3, 0.4) is 0 Å². The maximum Gasteiger partial charge on any atom is 0.262 e. The summed E-state index contributed by atoms with van der Waals surface area (Å²) in [6.07, 6.45) is 15.3. The Morgan fingerprint density at radius 2 is 1.60 bits per heavy atom. The molecule has 3 aromatic carbocycles. The van der Waals surface area contributed by atoms with E-state index < -0.39 is 9.84 Å². The van der Waals surface area contributed by atoms with Crippen LogP contribution in [0.4, 0.5) is 5.69 Å². The maximum atomic E-state index is 14.4. The lowest BCUT2D eigenvalue weighted by atomic mass is 9.94. The van der Waals surface area contributed by atoms with Crippen molar-refractivity contribution < 1.29 is 13.0 Å². The summed E-state index contributed by atoms with van der Waals surface area (Å²) >= 11 is 3.54. The van der Waals surface area contributed by atoms with Gasteiger partial charge in [-0.25, -0.2) is 8.42 Å². The van der Waals surface area contributed by atoms with Gasteiger partial charge in [0.05, 0.1) is 20.5 Å². The smallest absolute Gasteiger partial charge is 0.262 e. The first-order chi connectivity index (χ1) is 22.0. The molecular formula is C38H41N2O2S3+. The molecule has 4 nitrogen and oxygen atoms in total. The highest BCUT2D eigenvalue weighted by Crippen LogP contribution is 2.46. The molecule has 1 aromatic heterocycles. The highest BCUT2D eigenvalue weighted by Gasteiger charge is 2.30. The van der Waals surface area contributed by atoms with Crippen LogP contribution in [0.1, 0.15) is 63.8 Å². The molecule has 45 heavy (non-hydrogen) atoms. The zero-order valence-electron chi connectivity index (χ0n) is 26.1.